The Kier molecular flexibility index (Phi) is 6.36. The van der Waals surface area contributed by atoms with E-state index in [4.69, 9.17) is 0 Å². The molecule has 6 nitrogen and oxygen atoms in total. The Hall–Kier alpha value is -3.55. The normalized spacial score (nSPS) is 14.7. The molecular formula is C28H28N4O2S. The van der Waals surface area contributed by atoms with Crippen molar-refractivity contribution < 1.29 is 8.42 Å². The van der Waals surface area contributed by atoms with Crippen LogP contribution in [0.5, 0.6) is 0 Å². The molecule has 5 rings (SSSR count). The van der Waals surface area contributed by atoms with Gasteiger partial charge in [0.1, 0.15) is 0 Å². The molecule has 178 valence electrons. The Morgan fingerprint density at radius 2 is 1.40 bits per heavy atom. The standard InChI is InChI=1S/C28H28N4O2S/c1-21-8-13-26(22(2)20-21)27-14-15-28(30-29-27)31-16-18-32(19-17-31)35(33,34)25-11-9-24(10-12-25)23-6-4-3-5-7-23/h3-15,20H,16-19H2,1-2H3. The molecule has 1 aliphatic rings. The van der Waals surface area contributed by atoms with E-state index in [1.165, 1.54) is 11.1 Å². The number of hydrogen-bond acceptors (Lipinski definition) is 5. The van der Waals surface area contributed by atoms with Crippen molar-refractivity contribution in [3.8, 4) is 22.4 Å². The van der Waals surface area contributed by atoms with Crippen LogP contribution in [0, 0.1) is 13.8 Å². The topological polar surface area (TPSA) is 66.4 Å². The summed E-state index contributed by atoms with van der Waals surface area (Å²) in [4.78, 5) is 2.41. The summed E-state index contributed by atoms with van der Waals surface area (Å²) < 4.78 is 28.0. The molecule has 0 aliphatic carbocycles. The SMILES string of the molecule is Cc1ccc(-c2ccc(N3CCN(S(=O)(=O)c4ccc(-c5ccccc5)cc4)CC3)nn2)c(C)c1. The van der Waals surface area contributed by atoms with Crippen LogP contribution in [0.25, 0.3) is 22.4 Å². The number of hydrogen-bond donors (Lipinski definition) is 0. The summed E-state index contributed by atoms with van der Waals surface area (Å²) in [6.45, 7) is 6.10. The smallest absolute Gasteiger partial charge is 0.243 e. The van der Waals surface area contributed by atoms with Crippen molar-refractivity contribution in [1.29, 1.82) is 0 Å². The van der Waals surface area contributed by atoms with E-state index in [2.05, 4.69) is 47.1 Å². The summed E-state index contributed by atoms with van der Waals surface area (Å²) in [5.74, 6) is 0.766. The van der Waals surface area contributed by atoms with Crippen molar-refractivity contribution in [3.63, 3.8) is 0 Å². The van der Waals surface area contributed by atoms with E-state index in [-0.39, 0.29) is 0 Å². The van der Waals surface area contributed by atoms with E-state index in [1.807, 2.05) is 54.6 Å². The first-order valence-corrected chi connectivity index (χ1v) is 13.2. The minimum Gasteiger partial charge on any atom is -0.352 e. The van der Waals surface area contributed by atoms with Gasteiger partial charge in [-0.3, -0.25) is 0 Å². The van der Waals surface area contributed by atoms with Gasteiger partial charge in [-0.15, -0.1) is 10.2 Å². The fraction of sp³-hybridized carbons (Fsp3) is 0.214. The Morgan fingerprint density at radius 3 is 2.03 bits per heavy atom. The van der Waals surface area contributed by atoms with E-state index in [9.17, 15) is 8.42 Å². The van der Waals surface area contributed by atoms with Crippen LogP contribution in [-0.4, -0.2) is 49.1 Å². The first-order valence-electron chi connectivity index (χ1n) is 11.7. The highest BCUT2D eigenvalue weighted by Crippen LogP contribution is 2.26. The Labute approximate surface area is 206 Å². The van der Waals surface area contributed by atoms with Gasteiger partial charge >= 0.3 is 0 Å². The molecule has 0 bridgehead atoms. The average molecular weight is 485 g/mol. The number of nitrogens with zero attached hydrogens (tertiary/aromatic N) is 4. The van der Waals surface area contributed by atoms with Crippen molar-refractivity contribution in [1.82, 2.24) is 14.5 Å². The molecule has 0 atom stereocenters. The number of benzene rings is 3. The summed E-state index contributed by atoms with van der Waals surface area (Å²) in [5.41, 5.74) is 6.36. The molecule has 4 aromatic rings. The summed E-state index contributed by atoms with van der Waals surface area (Å²) in [6.07, 6.45) is 0. The maximum atomic E-state index is 13.2. The van der Waals surface area contributed by atoms with Crippen LogP contribution in [-0.2, 0) is 10.0 Å². The molecule has 1 aliphatic heterocycles. The highest BCUT2D eigenvalue weighted by molar-refractivity contribution is 7.89. The lowest BCUT2D eigenvalue weighted by molar-refractivity contribution is 0.383. The van der Waals surface area contributed by atoms with Crippen molar-refractivity contribution in [2.75, 3.05) is 31.1 Å². The fourth-order valence-electron chi connectivity index (χ4n) is 4.50. The van der Waals surface area contributed by atoms with Gasteiger partial charge in [-0.1, -0.05) is 66.2 Å². The van der Waals surface area contributed by atoms with E-state index in [0.29, 0.717) is 31.1 Å². The molecule has 2 heterocycles. The molecule has 0 N–H and O–H groups in total. The second kappa shape index (κ2) is 9.60. The van der Waals surface area contributed by atoms with Crippen LogP contribution in [0.15, 0.2) is 89.8 Å². The summed E-state index contributed by atoms with van der Waals surface area (Å²) in [7, 11) is -3.55. The molecule has 7 heteroatoms. The van der Waals surface area contributed by atoms with Crippen LogP contribution < -0.4 is 4.90 Å². The number of anilines is 1. The Bertz CT molecular complexity index is 1410. The zero-order valence-electron chi connectivity index (χ0n) is 19.9. The molecule has 1 fully saturated rings. The van der Waals surface area contributed by atoms with Crippen LogP contribution in [0.2, 0.25) is 0 Å². The zero-order valence-corrected chi connectivity index (χ0v) is 20.7. The first-order chi connectivity index (χ1) is 16.9. The lowest BCUT2D eigenvalue weighted by Crippen LogP contribution is -2.49. The third kappa shape index (κ3) is 4.83. The predicted molar refractivity (Wildman–Crippen MR) is 140 cm³/mol. The van der Waals surface area contributed by atoms with Gasteiger partial charge in [-0.25, -0.2) is 8.42 Å². The molecule has 35 heavy (non-hydrogen) atoms. The molecule has 1 saturated heterocycles. The van der Waals surface area contributed by atoms with Gasteiger partial charge < -0.3 is 4.90 Å². The van der Waals surface area contributed by atoms with Gasteiger partial charge in [0.2, 0.25) is 10.0 Å². The van der Waals surface area contributed by atoms with Crippen LogP contribution in [0.3, 0.4) is 0 Å². The minimum atomic E-state index is -3.55. The van der Waals surface area contributed by atoms with Crippen molar-refractivity contribution >= 4 is 15.8 Å². The van der Waals surface area contributed by atoms with E-state index in [1.54, 1.807) is 16.4 Å². The minimum absolute atomic E-state index is 0.322. The number of sulfonamides is 1. The molecule has 0 unspecified atom stereocenters. The van der Waals surface area contributed by atoms with E-state index < -0.39 is 10.0 Å². The molecule has 0 spiro atoms. The molecule has 1 aromatic heterocycles. The second-order valence-corrected chi connectivity index (χ2v) is 10.8. The number of aryl methyl sites for hydroxylation is 2. The molecule has 3 aromatic carbocycles. The maximum absolute atomic E-state index is 13.2. The Morgan fingerprint density at radius 1 is 0.714 bits per heavy atom. The lowest BCUT2D eigenvalue weighted by atomic mass is 10.0. The third-order valence-corrected chi connectivity index (χ3v) is 8.38. The molecular weight excluding hydrogens is 456 g/mol. The van der Waals surface area contributed by atoms with Gasteiger partial charge in [-0.05, 0) is 54.8 Å². The highest BCUT2D eigenvalue weighted by Gasteiger charge is 2.29. The maximum Gasteiger partial charge on any atom is 0.243 e. The number of rotatable bonds is 5. The van der Waals surface area contributed by atoms with Gasteiger partial charge in [0, 0.05) is 31.7 Å². The van der Waals surface area contributed by atoms with Gasteiger partial charge in [0.15, 0.2) is 5.82 Å². The van der Waals surface area contributed by atoms with Crippen molar-refractivity contribution in [2.45, 2.75) is 18.7 Å². The zero-order chi connectivity index (χ0) is 24.4. The molecule has 0 radical (unpaired) electrons. The van der Waals surface area contributed by atoms with Crippen molar-refractivity contribution in [3.05, 3.63) is 96.1 Å². The fourth-order valence-corrected chi connectivity index (χ4v) is 5.92. The van der Waals surface area contributed by atoms with Crippen LogP contribution >= 0.6 is 0 Å². The van der Waals surface area contributed by atoms with Crippen LogP contribution in [0.1, 0.15) is 11.1 Å². The molecule has 0 amide bonds. The van der Waals surface area contributed by atoms with Crippen molar-refractivity contribution in [2.24, 2.45) is 0 Å². The van der Waals surface area contributed by atoms with E-state index in [0.717, 1.165) is 28.2 Å². The summed E-state index contributed by atoms with van der Waals surface area (Å²) in [5, 5.41) is 8.87. The monoisotopic (exact) mass is 484 g/mol. The van der Waals surface area contributed by atoms with Gasteiger partial charge in [0.25, 0.3) is 0 Å². The third-order valence-electron chi connectivity index (χ3n) is 6.47. The van der Waals surface area contributed by atoms with Gasteiger partial charge in [-0.2, -0.15) is 4.31 Å². The largest absolute Gasteiger partial charge is 0.352 e. The average Bonchev–Trinajstić information content (AvgIpc) is 2.90. The lowest BCUT2D eigenvalue weighted by Gasteiger charge is -2.34. The second-order valence-electron chi connectivity index (χ2n) is 8.88. The predicted octanol–water partition coefficient (Wildman–Crippen LogP) is 4.94. The quantitative estimate of drug-likeness (QED) is 0.402. The highest BCUT2D eigenvalue weighted by atomic mass is 32.2. The number of piperazine rings is 1. The van der Waals surface area contributed by atoms with Gasteiger partial charge in [0.05, 0.1) is 10.6 Å². The first kappa shape index (κ1) is 23.2. The van der Waals surface area contributed by atoms with Crippen LogP contribution in [0.4, 0.5) is 5.82 Å². The number of aromatic nitrogens is 2. The summed E-state index contributed by atoms with van der Waals surface area (Å²) >= 11 is 0. The van der Waals surface area contributed by atoms with E-state index >= 15 is 0 Å². The Balaban J connectivity index is 1.25. The summed E-state index contributed by atoms with van der Waals surface area (Å²) in [6, 6.07) is 27.3. The molecule has 0 saturated carbocycles.